The quantitative estimate of drug-likeness (QED) is 0.837. The van der Waals surface area contributed by atoms with Crippen molar-refractivity contribution in [2.24, 2.45) is 11.8 Å². The van der Waals surface area contributed by atoms with Crippen LogP contribution in [-0.2, 0) is 24.4 Å². The molecule has 2 heterocycles. The number of ether oxygens (including phenoxy) is 3. The van der Waals surface area contributed by atoms with E-state index < -0.39 is 11.7 Å². The first-order chi connectivity index (χ1) is 12.8. The number of Topliss-reactive ketones (excluding diaryl/α,β-unsaturated/α-hetero) is 1. The molecule has 2 fully saturated rings. The lowest BCUT2D eigenvalue weighted by Gasteiger charge is -2.59. The van der Waals surface area contributed by atoms with Gasteiger partial charge in [-0.05, 0) is 22.3 Å². The lowest BCUT2D eigenvalue weighted by molar-refractivity contribution is -0.174. The van der Waals surface area contributed by atoms with Gasteiger partial charge in [0.2, 0.25) is 6.29 Å². The summed E-state index contributed by atoms with van der Waals surface area (Å²) in [4.78, 5) is 13.4. The predicted octanol–water partition coefficient (Wildman–Crippen LogP) is 2.63. The summed E-state index contributed by atoms with van der Waals surface area (Å²) >= 11 is 0. The van der Waals surface area contributed by atoms with Crippen LogP contribution in [0.2, 0.25) is 0 Å². The summed E-state index contributed by atoms with van der Waals surface area (Å²) in [6, 6.07) is 17.1. The van der Waals surface area contributed by atoms with E-state index in [1.54, 1.807) is 7.11 Å². The van der Waals surface area contributed by atoms with Crippen molar-refractivity contribution in [2.45, 2.75) is 23.7 Å². The van der Waals surface area contributed by atoms with E-state index in [2.05, 4.69) is 48.5 Å². The van der Waals surface area contributed by atoms with Crippen LogP contribution in [0.1, 0.15) is 28.2 Å². The van der Waals surface area contributed by atoms with E-state index in [1.165, 1.54) is 22.3 Å². The minimum absolute atomic E-state index is 0.0364. The largest absolute Gasteiger partial charge is 0.383 e. The minimum atomic E-state index is -0.714. The number of benzene rings is 2. The van der Waals surface area contributed by atoms with Crippen LogP contribution < -0.4 is 0 Å². The molecule has 0 N–H and O–H groups in total. The van der Waals surface area contributed by atoms with E-state index in [9.17, 15) is 4.79 Å². The Kier molecular flexibility index (Phi) is 2.92. The Labute approximate surface area is 152 Å². The lowest BCUT2D eigenvalue weighted by atomic mass is 9.45. The Balaban J connectivity index is 1.73. The molecule has 4 nitrogen and oxygen atoms in total. The van der Waals surface area contributed by atoms with Gasteiger partial charge in [-0.3, -0.25) is 4.79 Å². The topological polar surface area (TPSA) is 44.8 Å². The van der Waals surface area contributed by atoms with Crippen LogP contribution in [0.15, 0.2) is 48.5 Å². The molecule has 7 rings (SSSR count). The van der Waals surface area contributed by atoms with Gasteiger partial charge >= 0.3 is 0 Å². The van der Waals surface area contributed by atoms with Crippen LogP contribution in [-0.4, -0.2) is 38.5 Å². The molecule has 0 aromatic heterocycles. The van der Waals surface area contributed by atoms with E-state index in [-0.39, 0.29) is 29.6 Å². The molecule has 4 bridgehead atoms. The van der Waals surface area contributed by atoms with Crippen LogP contribution >= 0.6 is 0 Å². The number of fused-ring (bicyclic) bond motifs is 2. The van der Waals surface area contributed by atoms with Crippen LogP contribution in [0.3, 0.4) is 0 Å². The highest BCUT2D eigenvalue weighted by Crippen LogP contribution is 2.64. The fourth-order valence-corrected chi connectivity index (χ4v) is 6.18. The van der Waals surface area contributed by atoms with Crippen molar-refractivity contribution in [1.82, 2.24) is 0 Å². The van der Waals surface area contributed by atoms with Gasteiger partial charge in [-0.15, -0.1) is 0 Å². The van der Waals surface area contributed by atoms with Gasteiger partial charge in [-0.1, -0.05) is 48.5 Å². The zero-order valence-corrected chi connectivity index (χ0v) is 14.6. The molecule has 4 atom stereocenters. The fraction of sp³-hybridized carbons (Fsp3) is 0.409. The van der Waals surface area contributed by atoms with E-state index in [4.69, 9.17) is 14.2 Å². The van der Waals surface area contributed by atoms with Crippen molar-refractivity contribution in [1.29, 1.82) is 0 Å². The van der Waals surface area contributed by atoms with Gasteiger partial charge in [0, 0.05) is 24.9 Å². The number of ketones is 1. The number of rotatable bonds is 2. The Bertz CT molecular complexity index is 872. The molecule has 3 aliphatic carbocycles. The molecule has 0 spiro atoms. The molecule has 2 aromatic carbocycles. The van der Waals surface area contributed by atoms with Gasteiger partial charge in [0.15, 0.2) is 5.78 Å². The summed E-state index contributed by atoms with van der Waals surface area (Å²) in [6.45, 7) is 0.988. The summed E-state index contributed by atoms with van der Waals surface area (Å²) in [5.74, 6) is 0.183. The second-order valence-electron chi connectivity index (χ2n) is 7.85. The van der Waals surface area contributed by atoms with Gasteiger partial charge in [0.25, 0.3) is 0 Å². The maximum absolute atomic E-state index is 13.4. The van der Waals surface area contributed by atoms with Gasteiger partial charge in [-0.2, -0.15) is 0 Å². The smallest absolute Gasteiger partial charge is 0.218 e. The molecule has 0 saturated carbocycles. The summed E-state index contributed by atoms with van der Waals surface area (Å²) < 4.78 is 17.5. The number of methoxy groups -OCH3 is 1. The molecule has 132 valence electrons. The standard InChI is InChI=1S/C22H20O4/c1-24-11-22-14-8-4-2-6-12(14)17(13-7-3-5-9-15(13)22)18-16-10-25-21(26-16)20(23)19(18)22/h2-9,16-19,21H,10-11H2,1H3/t16-,17?,18+,19-,21-,22?/m1/s1. The maximum atomic E-state index is 13.4. The molecule has 2 saturated heterocycles. The Morgan fingerprint density at radius 1 is 1.08 bits per heavy atom. The SMILES string of the molecule is COCC12c3ccccc3C(c3ccccc31)[C@@H]1[C@H]3CO[C@H](O3)C(=O)[C@@H]12. The van der Waals surface area contributed by atoms with E-state index in [1.807, 2.05) is 0 Å². The summed E-state index contributed by atoms with van der Waals surface area (Å²) in [7, 11) is 1.73. The minimum Gasteiger partial charge on any atom is -0.383 e. The fourth-order valence-electron chi connectivity index (χ4n) is 6.18. The summed E-state index contributed by atoms with van der Waals surface area (Å²) in [6.07, 6.45) is -0.751. The average Bonchev–Trinajstić information content (AvgIpc) is 3.12. The molecular weight excluding hydrogens is 328 g/mol. The third-order valence-electron chi connectivity index (χ3n) is 6.90. The summed E-state index contributed by atoms with van der Waals surface area (Å²) in [5, 5.41) is 0. The predicted molar refractivity (Wildman–Crippen MR) is 94.0 cm³/mol. The Morgan fingerprint density at radius 3 is 2.38 bits per heavy atom. The van der Waals surface area contributed by atoms with Crippen LogP contribution in [0.5, 0.6) is 0 Å². The van der Waals surface area contributed by atoms with Crippen LogP contribution in [0.25, 0.3) is 0 Å². The third-order valence-corrected chi connectivity index (χ3v) is 6.90. The Morgan fingerprint density at radius 2 is 1.73 bits per heavy atom. The molecule has 0 radical (unpaired) electrons. The van der Waals surface area contributed by atoms with Crippen LogP contribution in [0, 0.1) is 11.8 Å². The van der Waals surface area contributed by atoms with Gasteiger partial charge in [-0.25, -0.2) is 0 Å². The molecule has 4 heteroatoms. The maximum Gasteiger partial charge on any atom is 0.218 e. The molecule has 2 aromatic rings. The number of hydrogen-bond donors (Lipinski definition) is 0. The monoisotopic (exact) mass is 348 g/mol. The number of carbonyl (C=O) groups is 1. The zero-order valence-electron chi connectivity index (χ0n) is 14.6. The van der Waals surface area contributed by atoms with Crippen molar-refractivity contribution in [3.05, 3.63) is 70.8 Å². The first-order valence-electron chi connectivity index (χ1n) is 9.26. The molecule has 26 heavy (non-hydrogen) atoms. The van der Waals surface area contributed by atoms with Crippen molar-refractivity contribution in [3.8, 4) is 0 Å². The molecule has 0 amide bonds. The first kappa shape index (κ1) is 15.1. The van der Waals surface area contributed by atoms with Crippen molar-refractivity contribution in [3.63, 3.8) is 0 Å². The normalized spacial score (nSPS) is 38.7. The summed E-state index contributed by atoms with van der Waals surface area (Å²) in [5.41, 5.74) is 4.63. The second kappa shape index (κ2) is 5.03. The van der Waals surface area contributed by atoms with Gasteiger partial charge in [0.05, 0.1) is 24.7 Å². The lowest BCUT2D eigenvalue weighted by Crippen LogP contribution is -2.63. The highest BCUT2D eigenvalue weighted by atomic mass is 16.7. The first-order valence-corrected chi connectivity index (χ1v) is 9.26. The van der Waals surface area contributed by atoms with E-state index >= 15 is 0 Å². The van der Waals surface area contributed by atoms with Gasteiger partial charge < -0.3 is 14.2 Å². The van der Waals surface area contributed by atoms with Crippen molar-refractivity contribution in [2.75, 3.05) is 20.3 Å². The molecule has 5 aliphatic rings. The molecular formula is C22H20O4. The van der Waals surface area contributed by atoms with E-state index in [0.717, 1.165) is 0 Å². The van der Waals surface area contributed by atoms with Crippen molar-refractivity contribution >= 4 is 5.78 Å². The highest BCUT2D eigenvalue weighted by molar-refractivity contribution is 5.90. The highest BCUT2D eigenvalue weighted by Gasteiger charge is 2.67. The second-order valence-corrected chi connectivity index (χ2v) is 7.85. The molecule has 2 aliphatic heterocycles. The third kappa shape index (κ3) is 1.55. The van der Waals surface area contributed by atoms with E-state index in [0.29, 0.717) is 13.2 Å². The Hall–Kier alpha value is -2.01. The average molecular weight is 348 g/mol. The van der Waals surface area contributed by atoms with Crippen LogP contribution in [0.4, 0.5) is 0 Å². The van der Waals surface area contributed by atoms with Crippen molar-refractivity contribution < 1.29 is 19.0 Å². The molecule has 0 unspecified atom stereocenters. The number of hydrogen-bond acceptors (Lipinski definition) is 4. The van der Waals surface area contributed by atoms with Gasteiger partial charge in [0.1, 0.15) is 0 Å². The zero-order chi connectivity index (χ0) is 17.5. The number of carbonyl (C=O) groups excluding carboxylic acids is 1.